The first-order valence-electron chi connectivity index (χ1n) is 6.90. The van der Waals surface area contributed by atoms with Gasteiger partial charge in [-0.05, 0) is 32.6 Å². The highest BCUT2D eigenvalue weighted by atomic mass is 16.2. The smallest absolute Gasteiger partial charge is 0.321 e. The highest BCUT2D eigenvalue weighted by Crippen LogP contribution is 2.13. The molecule has 4 heteroatoms. The number of para-hydroxylation sites is 1. The lowest BCUT2D eigenvalue weighted by Crippen LogP contribution is -2.43. The monoisotopic (exact) mass is 263 g/mol. The Labute approximate surface area is 116 Å². The summed E-state index contributed by atoms with van der Waals surface area (Å²) in [6.07, 6.45) is 2.10. The predicted molar refractivity (Wildman–Crippen MR) is 80.6 cm³/mol. The minimum Gasteiger partial charge on any atom is -0.338 e. The van der Waals surface area contributed by atoms with Gasteiger partial charge in [0, 0.05) is 25.3 Å². The molecule has 0 fully saturated rings. The number of hydrogen-bond acceptors (Lipinski definition) is 2. The number of carbonyl (C=O) groups is 1. The summed E-state index contributed by atoms with van der Waals surface area (Å²) in [5.74, 6) is 0. The maximum Gasteiger partial charge on any atom is 0.321 e. The van der Waals surface area contributed by atoms with Gasteiger partial charge in [0.25, 0.3) is 0 Å². The van der Waals surface area contributed by atoms with Crippen LogP contribution in [0, 0.1) is 0 Å². The molecule has 1 N–H and O–H groups in total. The van der Waals surface area contributed by atoms with Gasteiger partial charge in [0.2, 0.25) is 0 Å². The summed E-state index contributed by atoms with van der Waals surface area (Å²) in [5.41, 5.74) is 0.943. The van der Waals surface area contributed by atoms with Crippen molar-refractivity contribution >= 4 is 11.7 Å². The maximum absolute atomic E-state index is 12.2. The number of amides is 2. The summed E-state index contributed by atoms with van der Waals surface area (Å²) < 4.78 is 0. The fourth-order valence-corrected chi connectivity index (χ4v) is 1.72. The minimum atomic E-state index is -0.0125. The van der Waals surface area contributed by atoms with Crippen molar-refractivity contribution < 1.29 is 4.79 Å². The summed E-state index contributed by atoms with van der Waals surface area (Å²) in [5, 5.41) is 2.97. The third-order valence-corrected chi connectivity index (χ3v) is 2.89. The number of hydrogen-bond donors (Lipinski definition) is 1. The molecule has 0 aromatic heterocycles. The SMILES string of the molecule is CCCCNC(=O)N(CCN(C)C)c1ccccc1. The Bertz CT molecular complexity index is 365. The largest absolute Gasteiger partial charge is 0.338 e. The van der Waals surface area contributed by atoms with Gasteiger partial charge in [-0.2, -0.15) is 0 Å². The number of unbranched alkanes of at least 4 members (excludes halogenated alkanes) is 1. The van der Waals surface area contributed by atoms with Crippen LogP contribution in [0.1, 0.15) is 19.8 Å². The third-order valence-electron chi connectivity index (χ3n) is 2.89. The van der Waals surface area contributed by atoms with Crippen molar-refractivity contribution in [2.24, 2.45) is 0 Å². The van der Waals surface area contributed by atoms with Gasteiger partial charge in [-0.1, -0.05) is 31.5 Å². The standard InChI is InChI=1S/C15H25N3O/c1-4-5-11-16-15(19)18(13-12-17(2)3)14-9-7-6-8-10-14/h6-10H,4-5,11-13H2,1-3H3,(H,16,19). The molecular formula is C15H25N3O. The first-order valence-corrected chi connectivity index (χ1v) is 6.90. The average Bonchev–Trinajstić information content (AvgIpc) is 2.40. The van der Waals surface area contributed by atoms with Crippen LogP contribution < -0.4 is 10.2 Å². The Balaban J connectivity index is 2.66. The number of nitrogens with one attached hydrogen (secondary N) is 1. The molecule has 0 aliphatic heterocycles. The van der Waals surface area contributed by atoms with Crippen LogP contribution >= 0.6 is 0 Å². The van der Waals surface area contributed by atoms with Crippen LogP contribution in [0.3, 0.4) is 0 Å². The summed E-state index contributed by atoms with van der Waals surface area (Å²) in [6.45, 7) is 4.39. The number of urea groups is 1. The molecular weight excluding hydrogens is 238 g/mol. The van der Waals surface area contributed by atoms with Crippen molar-refractivity contribution in [3.8, 4) is 0 Å². The van der Waals surface area contributed by atoms with E-state index in [0.717, 1.165) is 31.6 Å². The van der Waals surface area contributed by atoms with Crippen molar-refractivity contribution in [3.05, 3.63) is 30.3 Å². The van der Waals surface area contributed by atoms with Crippen LogP contribution in [0.5, 0.6) is 0 Å². The first kappa shape index (κ1) is 15.5. The molecule has 2 amide bonds. The van der Waals surface area contributed by atoms with E-state index < -0.39 is 0 Å². The molecule has 19 heavy (non-hydrogen) atoms. The van der Waals surface area contributed by atoms with Crippen LogP contribution in [0.15, 0.2) is 30.3 Å². The molecule has 106 valence electrons. The molecule has 0 unspecified atom stereocenters. The number of anilines is 1. The van der Waals surface area contributed by atoms with Crippen molar-refractivity contribution in [2.75, 3.05) is 38.6 Å². The van der Waals surface area contributed by atoms with Crippen LogP contribution in [0.25, 0.3) is 0 Å². The third kappa shape index (κ3) is 5.75. The van der Waals surface area contributed by atoms with Gasteiger partial charge in [0.15, 0.2) is 0 Å². The van der Waals surface area contributed by atoms with E-state index in [2.05, 4.69) is 17.1 Å². The number of carbonyl (C=O) groups excluding carboxylic acids is 1. The van der Waals surface area contributed by atoms with E-state index in [4.69, 9.17) is 0 Å². The topological polar surface area (TPSA) is 35.6 Å². The van der Waals surface area contributed by atoms with Gasteiger partial charge in [-0.3, -0.25) is 4.90 Å². The second kappa shape index (κ2) is 8.53. The second-order valence-corrected chi connectivity index (χ2v) is 4.88. The van der Waals surface area contributed by atoms with E-state index in [1.54, 1.807) is 4.90 Å². The van der Waals surface area contributed by atoms with E-state index in [0.29, 0.717) is 6.54 Å². The molecule has 0 saturated heterocycles. The predicted octanol–water partition coefficient (Wildman–Crippen LogP) is 2.56. The van der Waals surface area contributed by atoms with E-state index >= 15 is 0 Å². The Morgan fingerprint density at radius 1 is 1.16 bits per heavy atom. The van der Waals surface area contributed by atoms with E-state index in [1.165, 1.54) is 0 Å². The lowest BCUT2D eigenvalue weighted by molar-refractivity contribution is 0.245. The zero-order valence-electron chi connectivity index (χ0n) is 12.2. The van der Waals surface area contributed by atoms with Crippen LogP contribution in [0.2, 0.25) is 0 Å². The summed E-state index contributed by atoms with van der Waals surface area (Å²) in [4.78, 5) is 16.1. The van der Waals surface area contributed by atoms with Gasteiger partial charge in [-0.25, -0.2) is 4.79 Å². The molecule has 4 nitrogen and oxygen atoms in total. The molecule has 0 atom stereocenters. The minimum absolute atomic E-state index is 0.0125. The maximum atomic E-state index is 12.2. The van der Waals surface area contributed by atoms with E-state index in [1.807, 2.05) is 44.4 Å². The highest BCUT2D eigenvalue weighted by Gasteiger charge is 2.14. The van der Waals surface area contributed by atoms with E-state index in [9.17, 15) is 4.79 Å². The van der Waals surface area contributed by atoms with Crippen molar-refractivity contribution in [3.63, 3.8) is 0 Å². The van der Waals surface area contributed by atoms with Crippen molar-refractivity contribution in [2.45, 2.75) is 19.8 Å². The fraction of sp³-hybridized carbons (Fsp3) is 0.533. The lowest BCUT2D eigenvalue weighted by atomic mass is 10.3. The highest BCUT2D eigenvalue weighted by molar-refractivity contribution is 5.91. The molecule has 0 spiro atoms. The molecule has 0 heterocycles. The number of likely N-dealkylation sites (N-methyl/N-ethyl adjacent to an activating group) is 1. The zero-order chi connectivity index (χ0) is 14.1. The molecule has 1 aromatic rings. The summed E-state index contributed by atoms with van der Waals surface area (Å²) in [7, 11) is 4.02. The Hall–Kier alpha value is -1.55. The molecule has 1 rings (SSSR count). The van der Waals surface area contributed by atoms with Gasteiger partial charge >= 0.3 is 6.03 Å². The zero-order valence-corrected chi connectivity index (χ0v) is 12.2. The van der Waals surface area contributed by atoms with Crippen LogP contribution in [-0.2, 0) is 0 Å². The van der Waals surface area contributed by atoms with Crippen LogP contribution in [-0.4, -0.2) is 44.7 Å². The normalized spacial score (nSPS) is 10.5. The fourth-order valence-electron chi connectivity index (χ4n) is 1.72. The first-order chi connectivity index (χ1) is 9.15. The average molecular weight is 263 g/mol. The molecule has 1 aromatic carbocycles. The van der Waals surface area contributed by atoms with Crippen LogP contribution in [0.4, 0.5) is 10.5 Å². The number of rotatable bonds is 7. The summed E-state index contributed by atoms with van der Waals surface area (Å²) >= 11 is 0. The Morgan fingerprint density at radius 2 is 1.84 bits per heavy atom. The Morgan fingerprint density at radius 3 is 2.42 bits per heavy atom. The van der Waals surface area contributed by atoms with Gasteiger partial charge in [0.1, 0.15) is 0 Å². The summed E-state index contributed by atoms with van der Waals surface area (Å²) in [6, 6.07) is 9.79. The Kier molecular flexibility index (Phi) is 6.97. The van der Waals surface area contributed by atoms with Gasteiger partial charge < -0.3 is 10.2 Å². The van der Waals surface area contributed by atoms with Gasteiger partial charge in [-0.15, -0.1) is 0 Å². The van der Waals surface area contributed by atoms with E-state index in [-0.39, 0.29) is 6.03 Å². The quantitative estimate of drug-likeness (QED) is 0.767. The van der Waals surface area contributed by atoms with Gasteiger partial charge in [0.05, 0.1) is 0 Å². The molecule has 0 aliphatic carbocycles. The molecule has 0 bridgehead atoms. The molecule has 0 aliphatic rings. The number of benzene rings is 1. The molecule has 0 radical (unpaired) electrons. The van der Waals surface area contributed by atoms with Crippen molar-refractivity contribution in [1.82, 2.24) is 10.2 Å². The molecule has 0 saturated carbocycles. The number of nitrogens with zero attached hydrogens (tertiary/aromatic N) is 2. The van der Waals surface area contributed by atoms with Crippen molar-refractivity contribution in [1.29, 1.82) is 0 Å². The second-order valence-electron chi connectivity index (χ2n) is 4.88. The lowest BCUT2D eigenvalue weighted by Gasteiger charge is -2.24.